The van der Waals surface area contributed by atoms with E-state index in [-0.39, 0.29) is 32.2 Å². The highest BCUT2D eigenvalue weighted by atomic mass is 35.5. The van der Waals surface area contributed by atoms with Crippen molar-refractivity contribution in [1.82, 2.24) is 4.31 Å². The first-order chi connectivity index (χ1) is 11.6. The Hall–Kier alpha value is -1.31. The zero-order valence-electron chi connectivity index (χ0n) is 13.4. The van der Waals surface area contributed by atoms with E-state index in [0.29, 0.717) is 0 Å². The molecule has 2 aromatic carbocycles. The van der Waals surface area contributed by atoms with Gasteiger partial charge in [0.05, 0.1) is 32.2 Å². The molecule has 25 heavy (non-hydrogen) atoms. The number of amides is 1. The van der Waals surface area contributed by atoms with E-state index in [1.807, 2.05) is 6.92 Å². The maximum absolute atomic E-state index is 12.5. The zero-order chi connectivity index (χ0) is 18.8. The third kappa shape index (κ3) is 4.86. The summed E-state index contributed by atoms with van der Waals surface area (Å²) in [5, 5.41) is 3.20. The summed E-state index contributed by atoms with van der Waals surface area (Å²) in [5.74, 6) is -0.557. The molecule has 0 bridgehead atoms. The van der Waals surface area contributed by atoms with Gasteiger partial charge >= 0.3 is 0 Å². The van der Waals surface area contributed by atoms with Crippen LogP contribution in [0.3, 0.4) is 0 Å². The van der Waals surface area contributed by atoms with E-state index in [1.54, 1.807) is 12.1 Å². The highest BCUT2D eigenvalue weighted by Gasteiger charge is 2.23. The van der Waals surface area contributed by atoms with Crippen LogP contribution in [0.25, 0.3) is 0 Å². The van der Waals surface area contributed by atoms with Crippen molar-refractivity contribution in [3.63, 3.8) is 0 Å². The number of rotatable bonds is 5. The molecule has 0 spiro atoms. The molecule has 0 aliphatic carbocycles. The molecule has 0 aliphatic rings. The number of nitrogens with one attached hydrogen (secondary N) is 1. The van der Waals surface area contributed by atoms with E-state index in [1.165, 1.54) is 31.3 Å². The number of carbonyl (C=O) groups excluding carboxylic acids is 1. The second-order valence-corrected chi connectivity index (χ2v) is 8.63. The fraction of sp³-hybridized carbons (Fsp3) is 0.188. The summed E-state index contributed by atoms with van der Waals surface area (Å²) >= 11 is 17.7. The van der Waals surface area contributed by atoms with Crippen LogP contribution in [-0.2, 0) is 14.8 Å². The Balaban J connectivity index is 2.12. The normalized spacial score (nSPS) is 11.6. The van der Waals surface area contributed by atoms with Crippen LogP contribution >= 0.6 is 34.8 Å². The summed E-state index contributed by atoms with van der Waals surface area (Å²) in [6.07, 6.45) is 0. The second-order valence-electron chi connectivity index (χ2n) is 5.37. The number of halogens is 3. The number of carbonyl (C=O) groups is 1. The smallest absolute Gasteiger partial charge is 0.243 e. The monoisotopic (exact) mass is 420 g/mol. The standard InChI is InChI=1S/C16H15Cl3N2O3S/c1-10-3-5-11(6-4-10)25(23,24)21(2)9-16(22)20-15-8-13(18)12(17)7-14(15)19/h3-8H,9H2,1-2H3,(H,20,22). The predicted molar refractivity (Wildman–Crippen MR) is 101 cm³/mol. The molecule has 0 aromatic heterocycles. The number of likely N-dealkylation sites (N-methyl/N-ethyl adjacent to an activating group) is 1. The van der Waals surface area contributed by atoms with Crippen molar-refractivity contribution in [2.24, 2.45) is 0 Å². The molecule has 5 nitrogen and oxygen atoms in total. The molecule has 0 saturated carbocycles. The van der Waals surface area contributed by atoms with Gasteiger partial charge in [-0.05, 0) is 31.2 Å². The van der Waals surface area contributed by atoms with Gasteiger partial charge < -0.3 is 5.32 Å². The summed E-state index contributed by atoms with van der Waals surface area (Å²) in [5.41, 5.74) is 1.19. The van der Waals surface area contributed by atoms with Crippen molar-refractivity contribution in [1.29, 1.82) is 0 Å². The van der Waals surface area contributed by atoms with E-state index in [0.717, 1.165) is 9.87 Å². The number of benzene rings is 2. The van der Waals surface area contributed by atoms with E-state index in [4.69, 9.17) is 34.8 Å². The molecule has 0 atom stereocenters. The van der Waals surface area contributed by atoms with E-state index in [9.17, 15) is 13.2 Å². The van der Waals surface area contributed by atoms with Gasteiger partial charge in [0.2, 0.25) is 15.9 Å². The van der Waals surface area contributed by atoms with Gasteiger partial charge in [-0.3, -0.25) is 4.79 Å². The summed E-state index contributed by atoms with van der Waals surface area (Å²) in [7, 11) is -2.45. The molecular formula is C16H15Cl3N2O3S. The molecule has 2 rings (SSSR count). The molecule has 1 amide bonds. The fourth-order valence-corrected chi connectivity index (χ4v) is 3.71. The molecule has 0 radical (unpaired) electrons. The van der Waals surface area contributed by atoms with Crippen LogP contribution in [-0.4, -0.2) is 32.2 Å². The van der Waals surface area contributed by atoms with Gasteiger partial charge in [0, 0.05) is 7.05 Å². The molecular weight excluding hydrogens is 407 g/mol. The molecule has 0 unspecified atom stereocenters. The lowest BCUT2D eigenvalue weighted by Gasteiger charge is -2.17. The minimum Gasteiger partial charge on any atom is -0.324 e. The molecule has 9 heteroatoms. The molecule has 2 aromatic rings. The Kier molecular flexibility index (Phi) is 6.35. The highest BCUT2D eigenvalue weighted by molar-refractivity contribution is 7.89. The molecule has 0 aliphatic heterocycles. The van der Waals surface area contributed by atoms with Gasteiger partial charge in [-0.15, -0.1) is 0 Å². The van der Waals surface area contributed by atoms with Crippen LogP contribution in [0.2, 0.25) is 15.1 Å². The average molecular weight is 422 g/mol. The van der Waals surface area contributed by atoms with Crippen molar-refractivity contribution in [2.75, 3.05) is 18.9 Å². The predicted octanol–water partition coefficient (Wildman–Crippen LogP) is 4.21. The first kappa shape index (κ1) is 20.0. The Morgan fingerprint density at radius 1 is 1.04 bits per heavy atom. The van der Waals surface area contributed by atoms with E-state index < -0.39 is 15.9 Å². The fourth-order valence-electron chi connectivity index (χ4n) is 1.99. The van der Waals surface area contributed by atoms with Crippen molar-refractivity contribution >= 4 is 56.4 Å². The van der Waals surface area contributed by atoms with E-state index in [2.05, 4.69) is 5.32 Å². The molecule has 134 valence electrons. The number of nitrogens with zero attached hydrogens (tertiary/aromatic N) is 1. The summed E-state index contributed by atoms with van der Waals surface area (Å²) in [6, 6.07) is 9.17. The molecule has 0 fully saturated rings. The van der Waals surface area contributed by atoms with Crippen molar-refractivity contribution in [2.45, 2.75) is 11.8 Å². The summed E-state index contributed by atoms with van der Waals surface area (Å²) < 4.78 is 25.9. The number of hydrogen-bond acceptors (Lipinski definition) is 3. The molecule has 0 heterocycles. The number of aryl methyl sites for hydroxylation is 1. The van der Waals surface area contributed by atoms with Crippen molar-refractivity contribution < 1.29 is 13.2 Å². The second kappa shape index (κ2) is 7.93. The third-order valence-electron chi connectivity index (χ3n) is 3.38. The van der Waals surface area contributed by atoms with Gasteiger partial charge in [-0.1, -0.05) is 52.5 Å². The summed E-state index contributed by atoms with van der Waals surface area (Å²) in [4.78, 5) is 12.3. The van der Waals surface area contributed by atoms with Crippen LogP contribution in [0.15, 0.2) is 41.3 Å². The van der Waals surface area contributed by atoms with E-state index >= 15 is 0 Å². The Bertz CT molecular complexity index is 900. The van der Waals surface area contributed by atoms with Crippen molar-refractivity contribution in [3.05, 3.63) is 57.0 Å². The average Bonchev–Trinajstić information content (AvgIpc) is 2.52. The minimum absolute atomic E-state index is 0.112. The van der Waals surface area contributed by atoms with Crippen LogP contribution < -0.4 is 5.32 Å². The van der Waals surface area contributed by atoms with Crippen LogP contribution in [0.4, 0.5) is 5.69 Å². The Labute approximate surface area is 161 Å². The number of sulfonamides is 1. The lowest BCUT2D eigenvalue weighted by atomic mass is 10.2. The zero-order valence-corrected chi connectivity index (χ0v) is 16.5. The highest BCUT2D eigenvalue weighted by Crippen LogP contribution is 2.32. The van der Waals surface area contributed by atoms with Gasteiger partial charge in [0.15, 0.2) is 0 Å². The SMILES string of the molecule is Cc1ccc(S(=O)(=O)N(C)CC(=O)Nc2cc(Cl)c(Cl)cc2Cl)cc1. The summed E-state index contributed by atoms with van der Waals surface area (Å²) in [6.45, 7) is 1.47. The molecule has 1 N–H and O–H groups in total. The number of anilines is 1. The van der Waals surface area contributed by atoms with Crippen LogP contribution in [0.5, 0.6) is 0 Å². The molecule has 0 saturated heterocycles. The Morgan fingerprint density at radius 2 is 1.60 bits per heavy atom. The van der Waals surface area contributed by atoms with Gasteiger partial charge in [-0.2, -0.15) is 4.31 Å². The third-order valence-corrected chi connectivity index (χ3v) is 6.23. The maximum Gasteiger partial charge on any atom is 0.243 e. The first-order valence-electron chi connectivity index (χ1n) is 7.08. The largest absolute Gasteiger partial charge is 0.324 e. The lowest BCUT2D eigenvalue weighted by Crippen LogP contribution is -2.35. The topological polar surface area (TPSA) is 66.5 Å². The van der Waals surface area contributed by atoms with Gasteiger partial charge in [0.1, 0.15) is 0 Å². The lowest BCUT2D eigenvalue weighted by molar-refractivity contribution is -0.116. The van der Waals surface area contributed by atoms with Crippen LogP contribution in [0, 0.1) is 6.92 Å². The quantitative estimate of drug-likeness (QED) is 0.735. The van der Waals surface area contributed by atoms with Gasteiger partial charge in [0.25, 0.3) is 0 Å². The maximum atomic E-state index is 12.5. The first-order valence-corrected chi connectivity index (χ1v) is 9.66. The van der Waals surface area contributed by atoms with Gasteiger partial charge in [-0.25, -0.2) is 8.42 Å². The minimum atomic E-state index is -3.78. The van der Waals surface area contributed by atoms with Crippen molar-refractivity contribution in [3.8, 4) is 0 Å². The number of hydrogen-bond donors (Lipinski definition) is 1. The Morgan fingerprint density at radius 3 is 2.20 bits per heavy atom. The van der Waals surface area contributed by atoms with Crippen LogP contribution in [0.1, 0.15) is 5.56 Å².